The van der Waals surface area contributed by atoms with Crippen molar-refractivity contribution in [2.45, 2.75) is 13.2 Å². The summed E-state index contributed by atoms with van der Waals surface area (Å²) in [5.74, 6) is -0.221. The fraction of sp³-hybridized carbons (Fsp3) is 0.200. The van der Waals surface area contributed by atoms with Crippen molar-refractivity contribution in [2.75, 3.05) is 7.05 Å². The van der Waals surface area contributed by atoms with Crippen LogP contribution in [0.1, 0.15) is 11.1 Å². The summed E-state index contributed by atoms with van der Waals surface area (Å²) in [5.41, 5.74) is 1.50. The summed E-state index contributed by atoms with van der Waals surface area (Å²) in [6, 6.07) is 10.0. The summed E-state index contributed by atoms with van der Waals surface area (Å²) in [6.45, 7) is 0.730. The van der Waals surface area contributed by atoms with Crippen LogP contribution in [0.15, 0.2) is 36.4 Å². The van der Waals surface area contributed by atoms with E-state index in [9.17, 15) is 4.39 Å². The van der Waals surface area contributed by atoms with Crippen LogP contribution in [0.5, 0.6) is 5.75 Å². The monoisotopic (exact) mass is 313 g/mol. The van der Waals surface area contributed by atoms with Crippen LogP contribution in [0.4, 0.5) is 4.39 Å². The molecule has 0 aliphatic rings. The van der Waals surface area contributed by atoms with Gasteiger partial charge in [0.15, 0.2) is 11.6 Å². The fourth-order valence-electron chi connectivity index (χ4n) is 1.80. The molecule has 2 aromatic carbocycles. The minimum Gasteiger partial charge on any atom is -0.486 e. The minimum atomic E-state index is -0.402. The van der Waals surface area contributed by atoms with E-state index in [4.69, 9.17) is 27.9 Å². The largest absolute Gasteiger partial charge is 0.486 e. The van der Waals surface area contributed by atoms with Crippen molar-refractivity contribution in [1.82, 2.24) is 5.32 Å². The van der Waals surface area contributed by atoms with Gasteiger partial charge in [-0.05, 0) is 36.9 Å². The molecule has 0 amide bonds. The van der Waals surface area contributed by atoms with Crippen LogP contribution in [-0.2, 0) is 13.2 Å². The predicted molar refractivity (Wildman–Crippen MR) is 80.0 cm³/mol. The Morgan fingerprint density at radius 2 is 1.85 bits per heavy atom. The number of hydrogen-bond donors (Lipinski definition) is 1. The quantitative estimate of drug-likeness (QED) is 0.881. The Morgan fingerprint density at radius 1 is 1.15 bits per heavy atom. The van der Waals surface area contributed by atoms with Gasteiger partial charge in [-0.2, -0.15) is 0 Å². The molecule has 0 aromatic heterocycles. The van der Waals surface area contributed by atoms with Gasteiger partial charge >= 0.3 is 0 Å². The van der Waals surface area contributed by atoms with Crippen molar-refractivity contribution in [1.29, 1.82) is 0 Å². The fourth-order valence-corrected chi connectivity index (χ4v) is 2.30. The Kier molecular flexibility index (Phi) is 5.24. The van der Waals surface area contributed by atoms with E-state index in [1.54, 1.807) is 24.3 Å². The van der Waals surface area contributed by atoms with Crippen molar-refractivity contribution in [2.24, 2.45) is 0 Å². The van der Waals surface area contributed by atoms with E-state index in [0.29, 0.717) is 22.2 Å². The second kappa shape index (κ2) is 6.93. The van der Waals surface area contributed by atoms with Gasteiger partial charge in [0.05, 0.1) is 0 Å². The molecule has 5 heteroatoms. The van der Waals surface area contributed by atoms with Crippen molar-refractivity contribution >= 4 is 23.2 Å². The Bertz CT molecular complexity index is 584. The first kappa shape index (κ1) is 15.1. The number of benzene rings is 2. The summed E-state index contributed by atoms with van der Waals surface area (Å²) < 4.78 is 19.3. The maximum atomic E-state index is 13.9. The highest BCUT2D eigenvalue weighted by atomic mass is 35.5. The molecule has 2 nitrogen and oxygen atoms in total. The van der Waals surface area contributed by atoms with Gasteiger partial charge in [-0.3, -0.25) is 0 Å². The zero-order chi connectivity index (χ0) is 14.5. The normalized spacial score (nSPS) is 10.6. The van der Waals surface area contributed by atoms with Crippen LogP contribution in [0.2, 0.25) is 10.0 Å². The SMILES string of the molecule is CNCc1ccc(OCc2c(Cl)cccc2Cl)c(F)c1. The molecule has 0 saturated carbocycles. The average Bonchev–Trinajstić information content (AvgIpc) is 2.40. The molecule has 0 fully saturated rings. The first-order valence-electron chi connectivity index (χ1n) is 6.10. The first-order valence-corrected chi connectivity index (χ1v) is 6.86. The Balaban J connectivity index is 2.11. The van der Waals surface area contributed by atoms with Gasteiger partial charge in [0, 0.05) is 22.2 Å². The van der Waals surface area contributed by atoms with Gasteiger partial charge in [0.1, 0.15) is 6.61 Å². The third-order valence-corrected chi connectivity index (χ3v) is 3.52. The minimum absolute atomic E-state index is 0.126. The molecule has 0 bridgehead atoms. The highest BCUT2D eigenvalue weighted by molar-refractivity contribution is 6.35. The van der Waals surface area contributed by atoms with Crippen LogP contribution in [0.25, 0.3) is 0 Å². The van der Waals surface area contributed by atoms with Crippen LogP contribution in [0.3, 0.4) is 0 Å². The van der Waals surface area contributed by atoms with E-state index in [-0.39, 0.29) is 12.4 Å². The average molecular weight is 314 g/mol. The van der Waals surface area contributed by atoms with Gasteiger partial charge < -0.3 is 10.1 Å². The topological polar surface area (TPSA) is 21.3 Å². The van der Waals surface area contributed by atoms with Crippen LogP contribution >= 0.6 is 23.2 Å². The van der Waals surface area contributed by atoms with E-state index < -0.39 is 5.82 Å². The molecule has 2 rings (SSSR count). The lowest BCUT2D eigenvalue weighted by Gasteiger charge is -2.11. The number of hydrogen-bond acceptors (Lipinski definition) is 2. The molecule has 0 saturated heterocycles. The lowest BCUT2D eigenvalue weighted by molar-refractivity contribution is 0.290. The van der Waals surface area contributed by atoms with E-state index in [0.717, 1.165) is 5.56 Å². The van der Waals surface area contributed by atoms with Crippen LogP contribution in [-0.4, -0.2) is 7.05 Å². The summed E-state index contributed by atoms with van der Waals surface area (Å²) >= 11 is 12.1. The van der Waals surface area contributed by atoms with E-state index in [1.165, 1.54) is 6.07 Å². The number of halogens is 3. The first-order chi connectivity index (χ1) is 9.61. The smallest absolute Gasteiger partial charge is 0.165 e. The number of nitrogens with one attached hydrogen (secondary N) is 1. The molecular weight excluding hydrogens is 300 g/mol. The van der Waals surface area contributed by atoms with Crippen LogP contribution < -0.4 is 10.1 Å². The molecule has 2 aromatic rings. The molecular formula is C15H14Cl2FNO. The summed E-state index contributed by atoms with van der Waals surface area (Å²) in [6.07, 6.45) is 0. The Labute approximate surface area is 127 Å². The van der Waals surface area contributed by atoms with Crippen molar-refractivity contribution < 1.29 is 9.13 Å². The highest BCUT2D eigenvalue weighted by Crippen LogP contribution is 2.27. The predicted octanol–water partition coefficient (Wildman–Crippen LogP) is 4.43. The Morgan fingerprint density at radius 3 is 2.45 bits per heavy atom. The number of rotatable bonds is 5. The molecule has 0 atom stereocenters. The van der Waals surface area contributed by atoms with Gasteiger partial charge in [-0.1, -0.05) is 35.3 Å². The maximum Gasteiger partial charge on any atom is 0.165 e. The second-order valence-electron chi connectivity index (χ2n) is 4.28. The van der Waals surface area contributed by atoms with Crippen molar-refractivity contribution in [3.63, 3.8) is 0 Å². The lowest BCUT2D eigenvalue weighted by atomic mass is 10.2. The third-order valence-electron chi connectivity index (χ3n) is 2.81. The lowest BCUT2D eigenvalue weighted by Crippen LogP contribution is -2.06. The molecule has 20 heavy (non-hydrogen) atoms. The molecule has 106 valence electrons. The van der Waals surface area contributed by atoms with Gasteiger partial charge in [-0.15, -0.1) is 0 Å². The zero-order valence-electron chi connectivity index (χ0n) is 10.9. The van der Waals surface area contributed by atoms with Gasteiger partial charge in [-0.25, -0.2) is 4.39 Å². The van der Waals surface area contributed by atoms with E-state index in [1.807, 2.05) is 13.1 Å². The molecule has 0 radical (unpaired) electrons. The summed E-state index contributed by atoms with van der Waals surface area (Å²) in [7, 11) is 1.81. The van der Waals surface area contributed by atoms with Crippen LogP contribution in [0, 0.1) is 5.82 Å². The molecule has 0 unspecified atom stereocenters. The van der Waals surface area contributed by atoms with Gasteiger partial charge in [0.2, 0.25) is 0 Å². The Hall–Kier alpha value is -1.29. The van der Waals surface area contributed by atoms with E-state index in [2.05, 4.69) is 5.32 Å². The molecule has 0 spiro atoms. The van der Waals surface area contributed by atoms with Crippen molar-refractivity contribution in [3.8, 4) is 5.75 Å². The molecule has 0 aliphatic carbocycles. The van der Waals surface area contributed by atoms with E-state index >= 15 is 0 Å². The zero-order valence-corrected chi connectivity index (χ0v) is 12.4. The number of ether oxygens (including phenoxy) is 1. The van der Waals surface area contributed by atoms with Crippen molar-refractivity contribution in [3.05, 3.63) is 63.4 Å². The molecule has 0 aliphatic heterocycles. The maximum absolute atomic E-state index is 13.9. The van der Waals surface area contributed by atoms with Gasteiger partial charge in [0.25, 0.3) is 0 Å². The molecule has 1 N–H and O–H groups in total. The standard InChI is InChI=1S/C15H14Cl2FNO/c1-19-8-10-5-6-15(14(18)7-10)20-9-11-12(16)3-2-4-13(11)17/h2-7,19H,8-9H2,1H3. The summed E-state index contributed by atoms with van der Waals surface area (Å²) in [4.78, 5) is 0. The summed E-state index contributed by atoms with van der Waals surface area (Å²) in [5, 5.41) is 3.97. The second-order valence-corrected chi connectivity index (χ2v) is 5.10. The molecule has 0 heterocycles. The third kappa shape index (κ3) is 3.63. The highest BCUT2D eigenvalue weighted by Gasteiger charge is 2.09.